The fourth-order valence-corrected chi connectivity index (χ4v) is 15.4. The Morgan fingerprint density at radius 3 is 1.70 bits per heavy atom. The normalized spacial score (nSPS) is 25.8. The number of rotatable bonds is 24. The number of methoxy groups -OCH3 is 1. The number of benzene rings is 1. The molecule has 604 valence electrons. The largest absolute Gasteiger partial charge is 0.469 e. The average Bonchev–Trinajstić information content (AvgIpc) is 0.753. The lowest BCUT2D eigenvalue weighted by Gasteiger charge is -2.50. The molecule has 0 aromatic heterocycles. The van der Waals surface area contributed by atoms with Crippen molar-refractivity contribution in [3.63, 3.8) is 0 Å². The molecule has 2 aliphatic rings. The summed E-state index contributed by atoms with van der Waals surface area (Å²) in [5, 5.41) is 6.52. The summed E-state index contributed by atoms with van der Waals surface area (Å²) in [6, 6.07) is -1.01. The Balaban J connectivity index is 2.31. The minimum absolute atomic E-state index is 0.0101. The van der Waals surface area contributed by atoms with E-state index >= 15 is 24.0 Å². The van der Waals surface area contributed by atoms with Gasteiger partial charge in [-0.05, 0) is 111 Å². The molecule has 1 unspecified atom stereocenters. The maximum absolute atomic E-state index is 15.5. The van der Waals surface area contributed by atoms with Crippen LogP contribution in [0.4, 0.5) is 0 Å². The van der Waals surface area contributed by atoms with E-state index in [-0.39, 0.29) is 99.5 Å². The molecule has 0 saturated carbocycles. The van der Waals surface area contributed by atoms with Gasteiger partial charge in [0, 0.05) is 96.4 Å². The molecule has 2 fully saturated rings. The predicted molar refractivity (Wildman–Crippen MR) is 408 cm³/mol. The van der Waals surface area contributed by atoms with Crippen LogP contribution in [0, 0.1) is 89.3 Å². The van der Waals surface area contributed by atoms with Gasteiger partial charge in [0.25, 0.3) is 16.0 Å². The number of Topliss-reactive ketones (excluding diaryl/α,β-unsaturated/α-hetero) is 5. The number of aryl methyl sites for hydroxylation is 1. The van der Waals surface area contributed by atoms with Gasteiger partial charge in [-0.15, -0.1) is 0 Å². The van der Waals surface area contributed by atoms with Gasteiger partial charge in [-0.3, -0.25) is 71.3 Å². The van der Waals surface area contributed by atoms with E-state index in [1.165, 1.54) is 87.8 Å². The standard InChI is InChI=1S/C81H131N7O18S/c1-26-62-67(91)39-54(16)65(89)44-61(81(19,20)45-84(21)78(99)60(50(10)11)43-70(94)104-25)66(90)42-59(49(8)9)79(100)86(23)63(37-47(4)5)68(92)40-55(17)74(95)82-56(18)76(97)85(22)64(38-48(6)7)69(93)41-57(36-46(2)3)77(98)87(24)71(51(12)13)80(101)88-72(75(96)83-62)73(106-88)53(15)30-28-27-29-35-105-107(102,103)58-33-31-52(14)32-34-58/h27-28,31-34,46-51,53-57,59-64,71-73H,26,29-30,35-45H2,1-25H3,(H,82,95)(H,83,96)/t53-,54+,55-,56-,57-,59+,60+,61-,62+,63+,64+,71+,72+,73?/m1/s1. The van der Waals surface area contributed by atoms with Gasteiger partial charge >= 0.3 is 5.97 Å². The number of likely N-dealkylation sites (N-methyl/N-ethyl adjacent to an activating group) is 3. The fourth-order valence-electron chi connectivity index (χ4n) is 14.5. The number of hydrogen-bond acceptors (Lipinski definition) is 18. The molecule has 2 saturated heterocycles. The Bertz CT molecular complexity index is 3400. The molecule has 26 heteroatoms. The van der Waals surface area contributed by atoms with Crippen molar-refractivity contribution in [1.29, 1.82) is 0 Å². The zero-order chi connectivity index (χ0) is 81.8. The van der Waals surface area contributed by atoms with Crippen LogP contribution in [0.3, 0.4) is 0 Å². The number of fused-ring (bicyclic) bond motifs is 1. The van der Waals surface area contributed by atoms with Gasteiger partial charge in [-0.2, -0.15) is 8.42 Å². The SMILES string of the molecule is CC[C@@H]1NC(=O)[C@@H]2C([C@H](C)CC=CCCOS(=O)(=O)c3ccc(C)cc3)ON2C(=O)[C@H](C(C)C)N(C)C(=O)[C@H](CC(C)C)CC(=O)[C@H](CC(C)C)N(C)C(=O)[C@@H](C)NC(=O)[C@H](C)CC(=O)[C@H](CC(C)C)N(C)C(=O)[C@H](C(C)C)CC(=O)[C@H](C(C)(C)CN(C)C(=O)[C@@H](CC(=O)OC)C(C)C)CC(=O)[C@@H](C)CC1=O. The lowest BCUT2D eigenvalue weighted by molar-refractivity contribution is -0.321. The maximum Gasteiger partial charge on any atom is 0.306 e. The van der Waals surface area contributed by atoms with E-state index in [9.17, 15) is 46.8 Å². The first-order valence-corrected chi connectivity index (χ1v) is 39.9. The van der Waals surface area contributed by atoms with Crippen molar-refractivity contribution in [3.8, 4) is 0 Å². The van der Waals surface area contributed by atoms with Gasteiger partial charge in [0.05, 0.1) is 49.1 Å². The highest BCUT2D eigenvalue weighted by Crippen LogP contribution is 2.38. The fraction of sp³-hybridized carbons (Fsp3) is 0.741. The smallest absolute Gasteiger partial charge is 0.306 e. The second-order valence-corrected chi connectivity index (χ2v) is 35.1. The molecular formula is C81H131N7O18S. The molecule has 0 spiro atoms. The van der Waals surface area contributed by atoms with Crippen molar-refractivity contribution >= 4 is 86.4 Å². The molecule has 0 aliphatic carbocycles. The number of amides is 7. The number of hydrogen-bond donors (Lipinski definition) is 2. The lowest BCUT2D eigenvalue weighted by atomic mass is 9.70. The van der Waals surface area contributed by atoms with Gasteiger partial charge in [0.1, 0.15) is 29.8 Å². The summed E-state index contributed by atoms with van der Waals surface area (Å²) in [4.78, 5) is 203. The second-order valence-electron chi connectivity index (χ2n) is 33.5. The zero-order valence-electron chi connectivity index (χ0n) is 68.9. The molecule has 7 amide bonds. The first-order chi connectivity index (χ1) is 49.6. The number of carbonyl (C=O) groups excluding carboxylic acids is 13. The van der Waals surface area contributed by atoms with E-state index < -0.39 is 207 Å². The van der Waals surface area contributed by atoms with E-state index in [2.05, 4.69) is 10.6 Å². The van der Waals surface area contributed by atoms with Crippen LogP contribution in [0.25, 0.3) is 0 Å². The molecule has 3 rings (SSSR count). The third-order valence-electron chi connectivity index (χ3n) is 21.2. The Kier molecular flexibility index (Phi) is 37.1. The van der Waals surface area contributed by atoms with Crippen LogP contribution in [0.5, 0.6) is 0 Å². The summed E-state index contributed by atoms with van der Waals surface area (Å²) in [6.07, 6.45) is 1.36. The summed E-state index contributed by atoms with van der Waals surface area (Å²) < 4.78 is 36.1. The summed E-state index contributed by atoms with van der Waals surface area (Å²) in [5.41, 5.74) is -0.345. The summed E-state index contributed by atoms with van der Waals surface area (Å²) in [6.45, 7) is 34.8. The van der Waals surface area contributed by atoms with Crippen LogP contribution in [0.1, 0.15) is 214 Å². The van der Waals surface area contributed by atoms with E-state index in [4.69, 9.17) is 13.8 Å². The van der Waals surface area contributed by atoms with Gasteiger partial charge in [0.15, 0.2) is 23.4 Å². The summed E-state index contributed by atoms with van der Waals surface area (Å²) in [7, 11) is 3.10. The Morgan fingerprint density at radius 2 is 1.19 bits per heavy atom. The number of esters is 1. The molecule has 14 atom stereocenters. The third-order valence-corrected chi connectivity index (χ3v) is 22.5. The number of ether oxygens (including phenoxy) is 1. The highest BCUT2D eigenvalue weighted by Gasteiger charge is 2.54. The highest BCUT2D eigenvalue weighted by molar-refractivity contribution is 7.86. The minimum Gasteiger partial charge on any atom is -0.469 e. The van der Waals surface area contributed by atoms with Crippen molar-refractivity contribution in [3.05, 3.63) is 42.0 Å². The Labute approximate surface area is 638 Å². The van der Waals surface area contributed by atoms with Crippen molar-refractivity contribution in [2.24, 2.45) is 82.3 Å². The zero-order valence-corrected chi connectivity index (χ0v) is 69.7. The predicted octanol–water partition coefficient (Wildman–Crippen LogP) is 9.76. The molecule has 1 aromatic carbocycles. The second kappa shape index (κ2) is 42.2. The molecule has 2 aliphatic heterocycles. The van der Waals surface area contributed by atoms with Gasteiger partial charge in [-0.25, -0.2) is 5.06 Å². The Hall–Kier alpha value is -7.06. The highest BCUT2D eigenvalue weighted by atomic mass is 32.2. The van der Waals surface area contributed by atoms with Crippen LogP contribution >= 0.6 is 0 Å². The van der Waals surface area contributed by atoms with Crippen LogP contribution in [0.15, 0.2) is 41.3 Å². The van der Waals surface area contributed by atoms with E-state index in [1.54, 1.807) is 93.5 Å². The van der Waals surface area contributed by atoms with Crippen molar-refractivity contribution in [2.75, 3.05) is 48.5 Å². The summed E-state index contributed by atoms with van der Waals surface area (Å²) in [5.74, 6) is -15.9. The number of carbonyl (C=O) groups is 13. The number of ketones is 5. The quantitative estimate of drug-likeness (QED) is 0.0421. The molecule has 25 nitrogen and oxygen atoms in total. The molecule has 107 heavy (non-hydrogen) atoms. The van der Waals surface area contributed by atoms with Gasteiger partial charge in [0.2, 0.25) is 35.4 Å². The molecule has 2 N–H and O–H groups in total. The number of nitrogens with zero attached hydrogens (tertiary/aromatic N) is 5. The van der Waals surface area contributed by atoms with E-state index in [0.29, 0.717) is 0 Å². The molecule has 1 aromatic rings. The van der Waals surface area contributed by atoms with E-state index in [1.807, 2.05) is 48.5 Å². The first kappa shape index (κ1) is 94.1. The topological polar surface area (TPSA) is 324 Å². The molecule has 0 bridgehead atoms. The molecular weight excluding hydrogens is 1390 g/mol. The van der Waals surface area contributed by atoms with Crippen molar-refractivity contribution in [2.45, 2.75) is 263 Å². The molecule has 2 heterocycles. The molecule has 0 radical (unpaired) electrons. The van der Waals surface area contributed by atoms with Crippen molar-refractivity contribution in [1.82, 2.24) is 35.3 Å². The van der Waals surface area contributed by atoms with Crippen LogP contribution < -0.4 is 10.6 Å². The third kappa shape index (κ3) is 26.9. The number of nitrogens with one attached hydrogen (secondary N) is 2. The summed E-state index contributed by atoms with van der Waals surface area (Å²) >= 11 is 0. The van der Waals surface area contributed by atoms with Crippen molar-refractivity contribution < 1.29 is 84.5 Å². The van der Waals surface area contributed by atoms with E-state index in [0.717, 1.165) is 10.6 Å². The minimum atomic E-state index is -4.05. The van der Waals surface area contributed by atoms with Gasteiger partial charge < -0.3 is 35.0 Å². The van der Waals surface area contributed by atoms with Crippen LogP contribution in [-0.2, 0) is 86.2 Å². The Morgan fingerprint density at radius 1 is 0.645 bits per heavy atom. The van der Waals surface area contributed by atoms with Gasteiger partial charge in [-0.1, -0.05) is 154 Å². The lowest BCUT2D eigenvalue weighted by Crippen LogP contribution is -2.71. The monoisotopic (exact) mass is 1520 g/mol. The van der Waals surface area contributed by atoms with Crippen LogP contribution in [0.2, 0.25) is 0 Å². The first-order valence-electron chi connectivity index (χ1n) is 38.5. The average molecular weight is 1520 g/mol. The number of allylic oxidation sites excluding steroid dienone is 1. The van der Waals surface area contributed by atoms with Crippen LogP contribution in [-0.4, -0.2) is 200 Å². The number of hydroxylamine groups is 2. The maximum atomic E-state index is 15.5.